The van der Waals surface area contributed by atoms with Crippen LogP contribution in [0.15, 0.2) is 34.9 Å². The maximum absolute atomic E-state index is 12.2. The van der Waals surface area contributed by atoms with Crippen LogP contribution in [-0.4, -0.2) is 52.0 Å². The van der Waals surface area contributed by atoms with Crippen LogP contribution in [-0.2, 0) is 17.8 Å². The monoisotopic (exact) mass is 300 g/mol. The van der Waals surface area contributed by atoms with Gasteiger partial charge in [0.1, 0.15) is 0 Å². The molecule has 3 rings (SSSR count). The molecule has 1 aromatic heterocycles. The van der Waals surface area contributed by atoms with Crippen LogP contribution in [0.2, 0.25) is 0 Å². The number of benzene rings is 1. The highest BCUT2D eigenvalue weighted by atomic mass is 16.5. The zero-order valence-corrected chi connectivity index (χ0v) is 12.7. The number of nitrogens with zero attached hydrogens (tertiary/aromatic N) is 4. The molecular weight excluding hydrogens is 280 g/mol. The molecule has 2 aromatic rings. The molecule has 0 saturated carbocycles. The minimum absolute atomic E-state index is 0.0696. The van der Waals surface area contributed by atoms with Crippen molar-refractivity contribution < 1.29 is 9.32 Å². The molecule has 0 unspecified atom stereocenters. The number of aromatic nitrogens is 2. The van der Waals surface area contributed by atoms with Gasteiger partial charge in [0.05, 0.1) is 6.42 Å². The SMILES string of the molecule is Cc1nc(CC(=O)N2CCN(Cc3ccccc3)CC2)no1. The van der Waals surface area contributed by atoms with Gasteiger partial charge in [-0.2, -0.15) is 4.98 Å². The Hall–Kier alpha value is -2.21. The Bertz CT molecular complexity index is 618. The van der Waals surface area contributed by atoms with Crippen LogP contribution >= 0.6 is 0 Å². The molecule has 116 valence electrons. The van der Waals surface area contributed by atoms with Crippen molar-refractivity contribution in [2.45, 2.75) is 19.9 Å². The third kappa shape index (κ3) is 3.71. The average molecular weight is 300 g/mol. The summed E-state index contributed by atoms with van der Waals surface area (Å²) in [6, 6.07) is 10.4. The van der Waals surface area contributed by atoms with E-state index in [0.717, 1.165) is 32.7 Å². The number of amides is 1. The molecule has 1 saturated heterocycles. The fraction of sp³-hybridized carbons (Fsp3) is 0.438. The van der Waals surface area contributed by atoms with E-state index in [-0.39, 0.29) is 12.3 Å². The minimum Gasteiger partial charge on any atom is -0.340 e. The molecule has 0 atom stereocenters. The highest BCUT2D eigenvalue weighted by Gasteiger charge is 2.22. The number of carbonyl (C=O) groups excluding carboxylic acids is 1. The van der Waals surface area contributed by atoms with Crippen LogP contribution in [0.3, 0.4) is 0 Å². The standard InChI is InChI=1S/C16H20N4O2/c1-13-17-15(18-22-13)11-16(21)20-9-7-19(8-10-20)12-14-5-3-2-4-6-14/h2-6H,7-12H2,1H3. The van der Waals surface area contributed by atoms with E-state index in [1.54, 1.807) is 6.92 Å². The van der Waals surface area contributed by atoms with Gasteiger partial charge in [-0.15, -0.1) is 0 Å². The predicted molar refractivity (Wildman–Crippen MR) is 81.0 cm³/mol. The van der Waals surface area contributed by atoms with E-state index >= 15 is 0 Å². The van der Waals surface area contributed by atoms with Gasteiger partial charge in [-0.3, -0.25) is 9.69 Å². The van der Waals surface area contributed by atoms with E-state index in [9.17, 15) is 4.79 Å². The van der Waals surface area contributed by atoms with Gasteiger partial charge in [-0.25, -0.2) is 0 Å². The first-order valence-electron chi connectivity index (χ1n) is 7.54. The molecule has 2 heterocycles. The van der Waals surface area contributed by atoms with Crippen molar-refractivity contribution in [2.24, 2.45) is 0 Å². The van der Waals surface area contributed by atoms with Gasteiger partial charge in [0, 0.05) is 39.6 Å². The van der Waals surface area contributed by atoms with Gasteiger partial charge in [-0.05, 0) is 5.56 Å². The number of carbonyl (C=O) groups is 1. The lowest BCUT2D eigenvalue weighted by atomic mass is 10.2. The molecule has 1 aliphatic heterocycles. The summed E-state index contributed by atoms with van der Waals surface area (Å²) in [6.07, 6.45) is 0.218. The lowest BCUT2D eigenvalue weighted by Crippen LogP contribution is -2.48. The largest absolute Gasteiger partial charge is 0.340 e. The average Bonchev–Trinajstić information content (AvgIpc) is 2.94. The zero-order chi connectivity index (χ0) is 15.4. The van der Waals surface area contributed by atoms with E-state index in [2.05, 4.69) is 39.3 Å². The summed E-state index contributed by atoms with van der Waals surface area (Å²) in [5.74, 6) is 1.03. The number of rotatable bonds is 4. The maximum Gasteiger partial charge on any atom is 0.230 e. The highest BCUT2D eigenvalue weighted by molar-refractivity contribution is 5.78. The maximum atomic E-state index is 12.2. The molecule has 0 bridgehead atoms. The molecule has 1 aliphatic rings. The molecular formula is C16H20N4O2. The number of piperazine rings is 1. The van der Waals surface area contributed by atoms with Crippen molar-refractivity contribution in [1.29, 1.82) is 0 Å². The van der Waals surface area contributed by atoms with Crippen molar-refractivity contribution >= 4 is 5.91 Å². The first-order chi connectivity index (χ1) is 10.7. The summed E-state index contributed by atoms with van der Waals surface area (Å²) in [7, 11) is 0. The normalized spacial score (nSPS) is 16.0. The van der Waals surface area contributed by atoms with Crippen LogP contribution in [0.4, 0.5) is 0 Å². The summed E-state index contributed by atoms with van der Waals surface area (Å²) in [5.41, 5.74) is 1.31. The van der Waals surface area contributed by atoms with Crippen molar-refractivity contribution in [3.05, 3.63) is 47.6 Å². The van der Waals surface area contributed by atoms with Gasteiger partial charge < -0.3 is 9.42 Å². The quantitative estimate of drug-likeness (QED) is 0.851. The summed E-state index contributed by atoms with van der Waals surface area (Å²) >= 11 is 0. The Labute approximate surface area is 129 Å². The smallest absolute Gasteiger partial charge is 0.230 e. The van der Waals surface area contributed by atoms with E-state index < -0.39 is 0 Å². The van der Waals surface area contributed by atoms with Gasteiger partial charge in [0.15, 0.2) is 5.82 Å². The molecule has 0 radical (unpaired) electrons. The van der Waals surface area contributed by atoms with Gasteiger partial charge in [-0.1, -0.05) is 35.5 Å². The first kappa shape index (κ1) is 14.7. The van der Waals surface area contributed by atoms with Gasteiger partial charge in [0.25, 0.3) is 0 Å². The Morgan fingerprint density at radius 2 is 1.91 bits per heavy atom. The molecule has 0 N–H and O–H groups in total. The Morgan fingerprint density at radius 1 is 1.18 bits per heavy atom. The summed E-state index contributed by atoms with van der Waals surface area (Å²) in [4.78, 5) is 20.6. The second-order valence-corrected chi connectivity index (χ2v) is 5.55. The van der Waals surface area contributed by atoms with E-state index in [1.165, 1.54) is 5.56 Å². The van der Waals surface area contributed by atoms with Crippen molar-refractivity contribution in [3.8, 4) is 0 Å². The van der Waals surface area contributed by atoms with E-state index in [0.29, 0.717) is 11.7 Å². The topological polar surface area (TPSA) is 62.5 Å². The highest BCUT2D eigenvalue weighted by Crippen LogP contribution is 2.09. The predicted octanol–water partition coefficient (Wildman–Crippen LogP) is 1.26. The summed E-state index contributed by atoms with van der Waals surface area (Å²) in [5, 5.41) is 3.78. The number of aryl methyl sites for hydroxylation is 1. The fourth-order valence-electron chi connectivity index (χ4n) is 2.66. The van der Waals surface area contributed by atoms with Crippen LogP contribution in [0.25, 0.3) is 0 Å². The molecule has 6 heteroatoms. The molecule has 1 fully saturated rings. The fourth-order valence-corrected chi connectivity index (χ4v) is 2.66. The molecule has 0 aliphatic carbocycles. The lowest BCUT2D eigenvalue weighted by Gasteiger charge is -2.34. The second kappa shape index (κ2) is 6.70. The Kier molecular flexibility index (Phi) is 4.48. The number of hydrogen-bond acceptors (Lipinski definition) is 5. The molecule has 1 aromatic carbocycles. The van der Waals surface area contributed by atoms with Crippen LogP contribution < -0.4 is 0 Å². The first-order valence-corrected chi connectivity index (χ1v) is 7.54. The van der Waals surface area contributed by atoms with E-state index in [4.69, 9.17) is 4.52 Å². The van der Waals surface area contributed by atoms with Gasteiger partial charge >= 0.3 is 0 Å². The summed E-state index contributed by atoms with van der Waals surface area (Å²) in [6.45, 7) is 5.96. The summed E-state index contributed by atoms with van der Waals surface area (Å²) < 4.78 is 4.90. The zero-order valence-electron chi connectivity index (χ0n) is 12.7. The van der Waals surface area contributed by atoms with Crippen molar-refractivity contribution in [1.82, 2.24) is 19.9 Å². The van der Waals surface area contributed by atoms with E-state index in [1.807, 2.05) is 11.0 Å². The second-order valence-electron chi connectivity index (χ2n) is 5.55. The van der Waals surface area contributed by atoms with Crippen molar-refractivity contribution in [3.63, 3.8) is 0 Å². The third-order valence-electron chi connectivity index (χ3n) is 3.85. The molecule has 6 nitrogen and oxygen atoms in total. The Balaban J connectivity index is 1.48. The van der Waals surface area contributed by atoms with Gasteiger partial charge in [0.2, 0.25) is 11.8 Å². The Morgan fingerprint density at radius 3 is 2.55 bits per heavy atom. The number of hydrogen-bond donors (Lipinski definition) is 0. The van der Waals surface area contributed by atoms with Crippen molar-refractivity contribution in [2.75, 3.05) is 26.2 Å². The van der Waals surface area contributed by atoms with Crippen LogP contribution in [0.5, 0.6) is 0 Å². The molecule has 1 amide bonds. The molecule has 0 spiro atoms. The lowest BCUT2D eigenvalue weighted by molar-refractivity contribution is -0.132. The third-order valence-corrected chi connectivity index (χ3v) is 3.85. The van der Waals surface area contributed by atoms with Crippen LogP contribution in [0, 0.1) is 6.92 Å². The van der Waals surface area contributed by atoms with Crippen LogP contribution in [0.1, 0.15) is 17.3 Å². The molecule has 22 heavy (non-hydrogen) atoms. The minimum atomic E-state index is 0.0696.